The maximum absolute atomic E-state index is 8.54. The van der Waals surface area contributed by atoms with Gasteiger partial charge in [0, 0.05) is 39.4 Å². The smallest absolute Gasteiger partial charge is 0.227 e. The fraction of sp³-hybridized carbons (Fsp3) is 0.267. The topological polar surface area (TPSA) is 29.9 Å². The Labute approximate surface area is 200 Å². The number of nitrogens with zero attached hydrogens (tertiary/aromatic N) is 2. The molecule has 1 atom stereocenters. The number of pyridine rings is 2. The lowest BCUT2D eigenvalue weighted by Gasteiger charge is -2.20. The molecule has 1 aliphatic carbocycles. The average Bonchev–Trinajstić information content (AvgIpc) is 3.31. The number of furan rings is 1. The van der Waals surface area contributed by atoms with Crippen LogP contribution >= 0.6 is 0 Å². The lowest BCUT2D eigenvalue weighted by molar-refractivity contribution is -0.660. The molecule has 0 radical (unpaired) electrons. The van der Waals surface area contributed by atoms with Crippen LogP contribution in [-0.4, -0.2) is 4.98 Å². The highest BCUT2D eigenvalue weighted by molar-refractivity contribution is 6.09. The van der Waals surface area contributed by atoms with Gasteiger partial charge in [-0.05, 0) is 41.1 Å². The van der Waals surface area contributed by atoms with Crippen LogP contribution in [-0.2, 0) is 12.5 Å². The Morgan fingerprint density at radius 2 is 1.88 bits per heavy atom. The highest BCUT2D eigenvalue weighted by Gasteiger charge is 2.37. The highest BCUT2D eigenvalue weighted by Crippen LogP contribution is 2.49. The number of benzene rings is 2. The van der Waals surface area contributed by atoms with Gasteiger partial charge in [-0.1, -0.05) is 64.0 Å². The third-order valence-corrected chi connectivity index (χ3v) is 7.09. The maximum Gasteiger partial charge on any atom is 0.227 e. The molecule has 1 unspecified atom stereocenters. The number of aryl methyl sites for hydroxylation is 2. The fourth-order valence-electron chi connectivity index (χ4n) is 5.17. The van der Waals surface area contributed by atoms with Crippen molar-refractivity contribution in [2.45, 2.75) is 45.9 Å². The molecule has 6 rings (SSSR count). The number of hydrogen-bond donors (Lipinski definition) is 0. The Balaban J connectivity index is 1.68. The zero-order chi connectivity index (χ0) is 26.5. The third kappa shape index (κ3) is 2.75. The van der Waals surface area contributed by atoms with Crippen LogP contribution in [0.4, 0.5) is 0 Å². The van der Waals surface area contributed by atoms with Crippen molar-refractivity contribution in [1.82, 2.24) is 4.98 Å². The molecule has 5 aromatic rings. The first-order chi connectivity index (χ1) is 17.3. The van der Waals surface area contributed by atoms with E-state index in [1.165, 1.54) is 0 Å². The van der Waals surface area contributed by atoms with E-state index in [0.29, 0.717) is 22.6 Å². The summed E-state index contributed by atoms with van der Waals surface area (Å²) in [7, 11) is 1.99. The Kier molecular flexibility index (Phi) is 3.32. The van der Waals surface area contributed by atoms with Crippen LogP contribution in [0.2, 0.25) is 0 Å². The average molecular weight is 438 g/mol. The van der Waals surface area contributed by atoms with Crippen molar-refractivity contribution in [2.75, 3.05) is 0 Å². The van der Waals surface area contributed by atoms with E-state index in [0.717, 1.165) is 44.3 Å². The SMILES string of the molecule is [2H]C(C)(C)c1cc[n+](C)c(-c2c(C)ccc3c2oc2nc4c(cc23)C(C)(C([2H])([2H])[2H])c2ccccc2-4)c1. The van der Waals surface area contributed by atoms with Crippen LogP contribution in [0, 0.1) is 6.92 Å². The van der Waals surface area contributed by atoms with E-state index in [9.17, 15) is 0 Å². The van der Waals surface area contributed by atoms with Gasteiger partial charge in [-0.3, -0.25) is 0 Å². The quantitative estimate of drug-likeness (QED) is 0.273. The van der Waals surface area contributed by atoms with Crippen molar-refractivity contribution in [3.63, 3.8) is 0 Å². The molecule has 0 saturated heterocycles. The van der Waals surface area contributed by atoms with Gasteiger partial charge in [-0.25, -0.2) is 9.55 Å². The van der Waals surface area contributed by atoms with Crippen molar-refractivity contribution < 1.29 is 14.5 Å². The molecule has 0 saturated carbocycles. The molecule has 33 heavy (non-hydrogen) atoms. The van der Waals surface area contributed by atoms with Crippen molar-refractivity contribution >= 4 is 22.1 Å². The molecule has 0 fully saturated rings. The van der Waals surface area contributed by atoms with E-state index >= 15 is 0 Å². The fourth-order valence-corrected chi connectivity index (χ4v) is 5.17. The minimum atomic E-state index is -2.25. The second-order valence-electron chi connectivity index (χ2n) is 9.56. The normalized spacial score (nSPS) is 19.7. The Morgan fingerprint density at radius 1 is 1.06 bits per heavy atom. The predicted octanol–water partition coefficient (Wildman–Crippen LogP) is 7.21. The molecule has 3 heteroatoms. The highest BCUT2D eigenvalue weighted by atomic mass is 16.3. The van der Waals surface area contributed by atoms with Crippen molar-refractivity contribution in [3.05, 3.63) is 83.0 Å². The summed E-state index contributed by atoms with van der Waals surface area (Å²) >= 11 is 0. The van der Waals surface area contributed by atoms with Gasteiger partial charge >= 0.3 is 0 Å². The van der Waals surface area contributed by atoms with E-state index in [4.69, 9.17) is 14.9 Å². The zero-order valence-electron chi connectivity index (χ0n) is 23.6. The van der Waals surface area contributed by atoms with Gasteiger partial charge in [0.2, 0.25) is 11.4 Å². The van der Waals surface area contributed by atoms with E-state index in [1.807, 2.05) is 74.1 Å². The van der Waals surface area contributed by atoms with Crippen LogP contribution in [0.1, 0.15) is 61.3 Å². The first kappa shape index (κ1) is 16.2. The third-order valence-electron chi connectivity index (χ3n) is 7.09. The summed E-state index contributed by atoms with van der Waals surface area (Å²) in [5, 5.41) is 1.70. The summed E-state index contributed by atoms with van der Waals surface area (Å²) in [6, 6.07) is 17.7. The number of hydrogen-bond acceptors (Lipinski definition) is 2. The van der Waals surface area contributed by atoms with Gasteiger partial charge in [0.05, 0.1) is 11.3 Å². The van der Waals surface area contributed by atoms with Gasteiger partial charge < -0.3 is 4.42 Å². The lowest BCUT2D eigenvalue weighted by atomic mass is 9.82. The molecule has 3 nitrogen and oxygen atoms in total. The minimum Gasteiger partial charge on any atom is -0.437 e. The molecule has 0 N–H and O–H groups in total. The molecule has 164 valence electrons. The monoisotopic (exact) mass is 437 g/mol. The van der Waals surface area contributed by atoms with Crippen molar-refractivity contribution in [1.29, 1.82) is 0 Å². The lowest BCUT2D eigenvalue weighted by Crippen LogP contribution is -2.31. The zero-order valence-corrected chi connectivity index (χ0v) is 19.6. The van der Waals surface area contributed by atoms with Crippen LogP contribution in [0.5, 0.6) is 0 Å². The predicted molar refractivity (Wildman–Crippen MR) is 135 cm³/mol. The molecule has 2 aromatic carbocycles. The van der Waals surface area contributed by atoms with Crippen LogP contribution in [0.25, 0.3) is 44.6 Å². The first-order valence-electron chi connectivity index (χ1n) is 13.3. The van der Waals surface area contributed by atoms with Gasteiger partial charge in [-0.2, -0.15) is 0 Å². The summed E-state index contributed by atoms with van der Waals surface area (Å²) in [5.74, 6) is -0.742. The van der Waals surface area contributed by atoms with E-state index in [1.54, 1.807) is 6.92 Å². The number of rotatable bonds is 2. The van der Waals surface area contributed by atoms with Crippen molar-refractivity contribution in [3.8, 4) is 22.5 Å². The summed E-state index contributed by atoms with van der Waals surface area (Å²) in [5.41, 5.74) is 6.88. The summed E-state index contributed by atoms with van der Waals surface area (Å²) < 4.78 is 42.4. The first-order valence-corrected chi connectivity index (χ1v) is 11.3. The van der Waals surface area contributed by atoms with Crippen LogP contribution < -0.4 is 4.57 Å². The summed E-state index contributed by atoms with van der Waals surface area (Å²) in [6.45, 7) is 5.36. The molecule has 3 aromatic heterocycles. The van der Waals surface area contributed by atoms with Crippen LogP contribution in [0.15, 0.2) is 65.2 Å². The van der Waals surface area contributed by atoms with E-state index in [-0.39, 0.29) is 0 Å². The molecule has 1 aliphatic rings. The number of fused-ring (bicyclic) bond motifs is 6. The van der Waals surface area contributed by atoms with Crippen molar-refractivity contribution in [2.24, 2.45) is 7.05 Å². The second-order valence-corrected chi connectivity index (χ2v) is 9.56. The second kappa shape index (κ2) is 6.77. The molecule has 0 spiro atoms. The van der Waals surface area contributed by atoms with Gasteiger partial charge in [0.1, 0.15) is 7.05 Å². The van der Waals surface area contributed by atoms with Gasteiger partial charge in [-0.15, -0.1) is 0 Å². The summed E-state index contributed by atoms with van der Waals surface area (Å²) in [6.07, 6.45) is 1.98. The molecule has 0 bridgehead atoms. The molecule has 0 aliphatic heterocycles. The van der Waals surface area contributed by atoms with Gasteiger partial charge in [0.25, 0.3) is 0 Å². The molecular weight excluding hydrogens is 404 g/mol. The number of aromatic nitrogens is 2. The Bertz CT molecular complexity index is 1740. The largest absolute Gasteiger partial charge is 0.437 e. The van der Waals surface area contributed by atoms with Crippen LogP contribution in [0.3, 0.4) is 0 Å². The summed E-state index contributed by atoms with van der Waals surface area (Å²) in [4.78, 5) is 4.93. The van der Waals surface area contributed by atoms with E-state index < -0.39 is 18.2 Å². The Morgan fingerprint density at radius 3 is 2.67 bits per heavy atom. The molecule has 0 amide bonds. The maximum atomic E-state index is 8.54. The molecule has 3 heterocycles. The minimum absolute atomic E-state index is 0.491. The van der Waals surface area contributed by atoms with Gasteiger partial charge in [0.15, 0.2) is 11.8 Å². The molecular formula is C30H29N2O+. The standard InChI is InChI=1S/C30H29N2O/c1-17(2)19-13-14-32(6)25(15-19)26-18(3)11-12-20-22-16-24-27(31-29(22)33-28(20)26)21-9-7-8-10-23(21)30(24,4)5/h7-17H,1-6H3/q+1/i4D3,17D. The van der Waals surface area contributed by atoms with E-state index in [2.05, 4.69) is 19.1 Å². The Hall–Kier alpha value is -3.46.